The lowest BCUT2D eigenvalue weighted by atomic mass is 10.1. The molecule has 3 rings (SSSR count). The fourth-order valence-electron chi connectivity index (χ4n) is 3.80. The average molecular weight is 423 g/mol. The third kappa shape index (κ3) is 5.22. The summed E-state index contributed by atoms with van der Waals surface area (Å²) in [7, 11) is 0. The first-order valence-electron chi connectivity index (χ1n) is 11.3. The number of aryl methyl sites for hydroxylation is 3. The van der Waals surface area contributed by atoms with Crippen LogP contribution in [0.3, 0.4) is 0 Å². The van der Waals surface area contributed by atoms with Crippen molar-refractivity contribution in [2.24, 2.45) is 0 Å². The number of pyridine rings is 1. The molecule has 1 aromatic heterocycles. The minimum atomic E-state index is -0.309. The van der Waals surface area contributed by atoms with Crippen LogP contribution in [0, 0.1) is 13.8 Å². The van der Waals surface area contributed by atoms with E-state index in [4.69, 9.17) is 4.74 Å². The summed E-state index contributed by atoms with van der Waals surface area (Å²) in [4.78, 5) is 13.1. The van der Waals surface area contributed by atoms with Crippen LogP contribution < -0.4 is 15.6 Å². The third-order valence-corrected chi connectivity index (χ3v) is 5.83. The highest BCUT2D eigenvalue weighted by Gasteiger charge is 2.18. The van der Waals surface area contributed by atoms with Crippen molar-refractivity contribution in [3.63, 3.8) is 0 Å². The summed E-state index contributed by atoms with van der Waals surface area (Å²) in [6, 6.07) is 11.8. The molecule has 2 aromatic carbocycles. The summed E-state index contributed by atoms with van der Waals surface area (Å²) in [5.74, 6) is -0.0871. The summed E-state index contributed by atoms with van der Waals surface area (Å²) < 4.78 is 7.49. The molecule has 0 aliphatic rings. The Hall–Kier alpha value is -2.95. The number of rotatable bonds is 10. The molecule has 0 aliphatic heterocycles. The minimum Gasteiger partial charge on any atom is -0.504 e. The van der Waals surface area contributed by atoms with E-state index >= 15 is 0 Å². The minimum absolute atomic E-state index is 0.00727. The van der Waals surface area contributed by atoms with Crippen molar-refractivity contribution in [3.8, 4) is 11.5 Å². The first-order chi connectivity index (χ1) is 15.0. The third-order valence-electron chi connectivity index (χ3n) is 5.83. The Morgan fingerprint density at radius 1 is 1.00 bits per heavy atom. The van der Waals surface area contributed by atoms with Gasteiger partial charge in [-0.1, -0.05) is 44.4 Å². The monoisotopic (exact) mass is 422 g/mol. The van der Waals surface area contributed by atoms with E-state index < -0.39 is 0 Å². The van der Waals surface area contributed by atoms with Gasteiger partial charge in [-0.3, -0.25) is 4.79 Å². The Morgan fingerprint density at radius 2 is 1.81 bits per heavy atom. The van der Waals surface area contributed by atoms with Crippen LogP contribution in [-0.2, 0) is 13.2 Å². The smallest absolute Gasteiger partial charge is 0.297 e. The van der Waals surface area contributed by atoms with Gasteiger partial charge in [0, 0.05) is 24.2 Å². The number of anilines is 1. The molecule has 0 aliphatic carbocycles. The number of hydrogen-bond donors (Lipinski definition) is 2. The molecule has 1 heterocycles. The topological polar surface area (TPSA) is 63.5 Å². The van der Waals surface area contributed by atoms with Gasteiger partial charge in [-0.15, -0.1) is 0 Å². The van der Waals surface area contributed by atoms with Gasteiger partial charge < -0.3 is 19.7 Å². The molecule has 2 N–H and O–H groups in total. The van der Waals surface area contributed by atoms with Gasteiger partial charge in [0.2, 0.25) is 5.75 Å². The van der Waals surface area contributed by atoms with E-state index in [1.54, 1.807) is 4.57 Å². The number of aromatic hydroxyl groups is 1. The number of ether oxygens (including phenoxy) is 1. The number of unbranched alkanes of at least 4 members (excludes halogenated alkanes) is 3. The van der Waals surface area contributed by atoms with E-state index in [1.807, 2.05) is 50.2 Å². The summed E-state index contributed by atoms with van der Waals surface area (Å²) in [6.45, 7) is 9.86. The van der Waals surface area contributed by atoms with Crippen LogP contribution in [0.2, 0.25) is 0 Å². The highest BCUT2D eigenvalue weighted by atomic mass is 16.5. The number of nitrogens with zero attached hydrogens (tertiary/aromatic N) is 1. The largest absolute Gasteiger partial charge is 0.504 e. The second-order valence-electron chi connectivity index (χ2n) is 8.15. The molecule has 0 spiro atoms. The molecule has 0 bridgehead atoms. The Balaban J connectivity index is 1.87. The molecule has 5 nitrogen and oxygen atoms in total. The van der Waals surface area contributed by atoms with Crippen LogP contribution in [0.5, 0.6) is 11.5 Å². The second-order valence-corrected chi connectivity index (χ2v) is 8.15. The SMILES string of the molecule is CCCCCCNc1ccc2c(O)c(OCc3ccc(C)c(C)c3)c(=O)n(CC)c2c1. The van der Waals surface area contributed by atoms with Crippen molar-refractivity contribution < 1.29 is 9.84 Å². The van der Waals surface area contributed by atoms with E-state index in [1.165, 1.54) is 30.4 Å². The van der Waals surface area contributed by atoms with Gasteiger partial charge in [0.25, 0.3) is 5.56 Å². The van der Waals surface area contributed by atoms with Crippen LogP contribution in [0.1, 0.15) is 56.2 Å². The van der Waals surface area contributed by atoms with E-state index in [2.05, 4.69) is 19.2 Å². The van der Waals surface area contributed by atoms with E-state index in [0.29, 0.717) is 17.4 Å². The highest BCUT2D eigenvalue weighted by Crippen LogP contribution is 2.33. The molecule has 3 aromatic rings. The zero-order valence-electron chi connectivity index (χ0n) is 19.1. The van der Waals surface area contributed by atoms with Crippen LogP contribution in [0.4, 0.5) is 5.69 Å². The maximum absolute atomic E-state index is 13.1. The number of hydrogen-bond acceptors (Lipinski definition) is 4. The summed E-state index contributed by atoms with van der Waals surface area (Å²) in [5.41, 5.74) is 4.70. The maximum atomic E-state index is 13.1. The molecule has 0 fully saturated rings. The molecule has 166 valence electrons. The summed E-state index contributed by atoms with van der Waals surface area (Å²) in [5, 5.41) is 14.9. The lowest BCUT2D eigenvalue weighted by Crippen LogP contribution is -2.22. The van der Waals surface area contributed by atoms with Crippen LogP contribution in [0.15, 0.2) is 41.2 Å². The average Bonchev–Trinajstić information content (AvgIpc) is 2.76. The number of fused-ring (bicyclic) bond motifs is 1. The summed E-state index contributed by atoms with van der Waals surface area (Å²) >= 11 is 0. The molecule has 0 radical (unpaired) electrons. The van der Waals surface area contributed by atoms with Gasteiger partial charge in [0.05, 0.1) is 5.52 Å². The van der Waals surface area contributed by atoms with Crippen molar-refractivity contribution in [1.29, 1.82) is 0 Å². The number of nitrogens with one attached hydrogen (secondary N) is 1. The van der Waals surface area contributed by atoms with Crippen LogP contribution in [-0.4, -0.2) is 16.2 Å². The van der Waals surface area contributed by atoms with Gasteiger partial charge >= 0.3 is 0 Å². The van der Waals surface area contributed by atoms with E-state index in [-0.39, 0.29) is 23.7 Å². The van der Waals surface area contributed by atoms with Gasteiger partial charge in [-0.25, -0.2) is 0 Å². The van der Waals surface area contributed by atoms with Gasteiger partial charge in [0.1, 0.15) is 6.61 Å². The lowest BCUT2D eigenvalue weighted by Gasteiger charge is -2.16. The Labute approximate surface area is 184 Å². The van der Waals surface area contributed by atoms with Crippen LogP contribution >= 0.6 is 0 Å². The normalized spacial score (nSPS) is 11.1. The fourth-order valence-corrected chi connectivity index (χ4v) is 3.80. The van der Waals surface area contributed by atoms with Crippen molar-refractivity contribution in [2.75, 3.05) is 11.9 Å². The van der Waals surface area contributed by atoms with E-state index in [9.17, 15) is 9.90 Å². The molecule has 0 unspecified atom stereocenters. The standard InChI is InChI=1S/C26H34N2O3/c1-5-7-8-9-14-27-21-12-13-22-23(16-21)28(6-2)26(30)25(24(22)29)31-17-20-11-10-18(3)19(4)15-20/h10-13,15-16,27,29H,5-9,14,17H2,1-4H3. The van der Waals surface area contributed by atoms with Crippen molar-refractivity contribution >= 4 is 16.6 Å². The molecule has 0 saturated heterocycles. The summed E-state index contributed by atoms with van der Waals surface area (Å²) in [6.07, 6.45) is 4.78. The number of aromatic nitrogens is 1. The molecular formula is C26H34N2O3. The van der Waals surface area contributed by atoms with E-state index in [0.717, 1.165) is 24.2 Å². The maximum Gasteiger partial charge on any atom is 0.297 e. The molecule has 0 amide bonds. The molecular weight excluding hydrogens is 388 g/mol. The van der Waals surface area contributed by atoms with Crippen LogP contribution in [0.25, 0.3) is 10.9 Å². The molecule has 0 atom stereocenters. The fraction of sp³-hybridized carbons (Fsp3) is 0.423. The second kappa shape index (κ2) is 10.4. The zero-order chi connectivity index (χ0) is 22.4. The van der Waals surface area contributed by atoms with Crippen molar-refractivity contribution in [2.45, 2.75) is 66.5 Å². The first kappa shape index (κ1) is 22.7. The Kier molecular flexibility index (Phi) is 7.61. The van der Waals surface area contributed by atoms with Gasteiger partial charge in [0.15, 0.2) is 5.75 Å². The van der Waals surface area contributed by atoms with Gasteiger partial charge in [-0.05, 0) is 62.1 Å². The van der Waals surface area contributed by atoms with Gasteiger partial charge in [-0.2, -0.15) is 0 Å². The highest BCUT2D eigenvalue weighted by molar-refractivity contribution is 5.90. The zero-order valence-corrected chi connectivity index (χ0v) is 19.1. The van der Waals surface area contributed by atoms with Crippen molar-refractivity contribution in [1.82, 2.24) is 4.57 Å². The Morgan fingerprint density at radius 3 is 2.52 bits per heavy atom. The molecule has 31 heavy (non-hydrogen) atoms. The molecule has 5 heteroatoms. The Bertz CT molecular complexity index is 1100. The lowest BCUT2D eigenvalue weighted by molar-refractivity contribution is 0.283. The molecule has 0 saturated carbocycles. The first-order valence-corrected chi connectivity index (χ1v) is 11.3. The van der Waals surface area contributed by atoms with Crippen molar-refractivity contribution in [3.05, 3.63) is 63.4 Å². The quantitative estimate of drug-likeness (QED) is 0.398. The predicted octanol–water partition coefficient (Wildman–Crippen LogP) is 5.92. The predicted molar refractivity (Wildman–Crippen MR) is 128 cm³/mol. The number of benzene rings is 2.